The van der Waals surface area contributed by atoms with Crippen LogP contribution in [0.25, 0.3) is 11.4 Å². The molecule has 0 atom stereocenters. The third-order valence-electron chi connectivity index (χ3n) is 3.85. The van der Waals surface area contributed by atoms with Crippen molar-refractivity contribution < 1.29 is 9.59 Å². The fourth-order valence-electron chi connectivity index (χ4n) is 2.56. The van der Waals surface area contributed by atoms with Crippen LogP contribution in [-0.4, -0.2) is 32.4 Å². The maximum absolute atomic E-state index is 12.6. The summed E-state index contributed by atoms with van der Waals surface area (Å²) in [6.07, 6.45) is 0. The van der Waals surface area contributed by atoms with Gasteiger partial charge in [-0.25, -0.2) is 0 Å². The number of thiophene rings is 1. The molecule has 0 unspecified atom stereocenters. The largest absolute Gasteiger partial charge is 0.322 e. The van der Waals surface area contributed by atoms with Crippen molar-refractivity contribution in [3.05, 3.63) is 76.5 Å². The van der Waals surface area contributed by atoms with E-state index in [1.165, 1.54) is 11.3 Å². The van der Waals surface area contributed by atoms with Crippen molar-refractivity contribution >= 4 is 34.5 Å². The molecule has 2 aromatic heterocycles. The molecular weight excluding hydrogens is 376 g/mol. The number of carbonyl (C=O) groups excluding carboxylic acids is 2. The Bertz CT molecular complexity index is 1110. The Morgan fingerprint density at radius 1 is 0.893 bits per heavy atom. The van der Waals surface area contributed by atoms with Gasteiger partial charge in [-0.1, -0.05) is 24.3 Å². The summed E-state index contributed by atoms with van der Waals surface area (Å²) in [5, 5.41) is 21.2. The molecule has 8 nitrogen and oxygen atoms in total. The van der Waals surface area contributed by atoms with Crippen molar-refractivity contribution in [3.8, 4) is 11.4 Å². The van der Waals surface area contributed by atoms with E-state index < -0.39 is 0 Å². The number of tetrazole rings is 1. The van der Waals surface area contributed by atoms with Gasteiger partial charge in [-0.3, -0.25) is 9.59 Å². The highest BCUT2D eigenvalue weighted by molar-refractivity contribution is 7.12. The Labute approximate surface area is 163 Å². The Kier molecular flexibility index (Phi) is 4.89. The first-order valence-electron chi connectivity index (χ1n) is 8.29. The molecule has 4 rings (SSSR count). The molecule has 138 valence electrons. The van der Waals surface area contributed by atoms with Gasteiger partial charge < -0.3 is 10.6 Å². The van der Waals surface area contributed by atoms with Crippen LogP contribution in [0.2, 0.25) is 0 Å². The Hall–Kier alpha value is -3.85. The molecule has 0 aliphatic carbocycles. The number of nitrogens with one attached hydrogen (secondary N) is 3. The lowest BCUT2D eigenvalue weighted by atomic mass is 10.1. The summed E-state index contributed by atoms with van der Waals surface area (Å²) >= 11 is 1.35. The molecule has 0 bridgehead atoms. The summed E-state index contributed by atoms with van der Waals surface area (Å²) in [5.41, 5.74) is 2.30. The van der Waals surface area contributed by atoms with E-state index in [0.717, 1.165) is 5.56 Å². The Morgan fingerprint density at radius 3 is 2.43 bits per heavy atom. The number of aromatic amines is 1. The zero-order valence-electron chi connectivity index (χ0n) is 14.4. The Morgan fingerprint density at radius 2 is 1.68 bits per heavy atom. The van der Waals surface area contributed by atoms with Crippen LogP contribution in [0, 0.1) is 0 Å². The molecular formula is C19H14N6O2S. The number of hydrogen-bond donors (Lipinski definition) is 3. The number of nitrogens with zero attached hydrogens (tertiary/aromatic N) is 3. The number of hydrogen-bond acceptors (Lipinski definition) is 6. The zero-order chi connectivity index (χ0) is 19.3. The average Bonchev–Trinajstić information content (AvgIpc) is 3.42. The van der Waals surface area contributed by atoms with E-state index in [0.29, 0.717) is 27.6 Å². The summed E-state index contributed by atoms with van der Waals surface area (Å²) in [5.74, 6) is -0.0627. The summed E-state index contributed by atoms with van der Waals surface area (Å²) in [6, 6.07) is 17.4. The SMILES string of the molecule is O=C(Nc1cccc(-c2nn[nH]n2)c1)c1cccc(NC(=O)c2cccs2)c1. The van der Waals surface area contributed by atoms with Gasteiger partial charge >= 0.3 is 0 Å². The van der Waals surface area contributed by atoms with Gasteiger partial charge in [-0.15, -0.1) is 21.5 Å². The first kappa shape index (κ1) is 17.6. The Balaban J connectivity index is 1.48. The molecule has 28 heavy (non-hydrogen) atoms. The molecule has 0 fully saturated rings. The lowest BCUT2D eigenvalue weighted by Gasteiger charge is -2.08. The van der Waals surface area contributed by atoms with Crippen molar-refractivity contribution in [2.75, 3.05) is 10.6 Å². The summed E-state index contributed by atoms with van der Waals surface area (Å²) in [4.78, 5) is 25.4. The van der Waals surface area contributed by atoms with Crippen LogP contribution in [0.4, 0.5) is 11.4 Å². The number of H-pyrrole nitrogens is 1. The van der Waals surface area contributed by atoms with Crippen molar-refractivity contribution in [2.45, 2.75) is 0 Å². The fraction of sp³-hybridized carbons (Fsp3) is 0. The summed E-state index contributed by atoms with van der Waals surface area (Å²) in [6.45, 7) is 0. The highest BCUT2D eigenvalue weighted by atomic mass is 32.1. The molecule has 0 saturated heterocycles. The second kappa shape index (κ2) is 7.80. The van der Waals surface area contributed by atoms with Crippen LogP contribution in [0.1, 0.15) is 20.0 Å². The monoisotopic (exact) mass is 390 g/mol. The highest BCUT2D eigenvalue weighted by Gasteiger charge is 2.11. The lowest BCUT2D eigenvalue weighted by Crippen LogP contribution is -2.14. The number of carbonyl (C=O) groups is 2. The van der Waals surface area contributed by atoms with Crippen molar-refractivity contribution in [1.29, 1.82) is 0 Å². The standard InChI is InChI=1S/C19H14N6O2S/c26-18(20-14-6-1-4-12(10-14)17-22-24-25-23-17)13-5-2-7-15(11-13)21-19(27)16-8-3-9-28-16/h1-11H,(H,20,26)(H,21,27)(H,22,23,24,25). The van der Waals surface area contributed by atoms with Gasteiger partial charge in [0.15, 0.2) is 0 Å². The maximum Gasteiger partial charge on any atom is 0.265 e. The van der Waals surface area contributed by atoms with Crippen LogP contribution >= 0.6 is 11.3 Å². The highest BCUT2D eigenvalue weighted by Crippen LogP contribution is 2.20. The normalized spacial score (nSPS) is 10.4. The number of benzene rings is 2. The maximum atomic E-state index is 12.6. The molecule has 4 aromatic rings. The molecule has 0 spiro atoms. The molecule has 3 N–H and O–H groups in total. The van der Waals surface area contributed by atoms with Crippen LogP contribution < -0.4 is 10.6 Å². The van der Waals surface area contributed by atoms with E-state index in [-0.39, 0.29) is 11.8 Å². The minimum absolute atomic E-state index is 0.208. The minimum Gasteiger partial charge on any atom is -0.322 e. The van der Waals surface area contributed by atoms with Gasteiger partial charge in [0.25, 0.3) is 11.8 Å². The predicted octanol–water partition coefficient (Wildman–Crippen LogP) is 3.43. The van der Waals surface area contributed by atoms with Gasteiger partial charge in [-0.05, 0) is 47.0 Å². The number of rotatable bonds is 5. The summed E-state index contributed by atoms with van der Waals surface area (Å²) < 4.78 is 0. The van der Waals surface area contributed by atoms with Crippen LogP contribution in [-0.2, 0) is 0 Å². The molecule has 2 heterocycles. The lowest BCUT2D eigenvalue weighted by molar-refractivity contribution is 0.101. The third kappa shape index (κ3) is 3.94. The van der Waals surface area contributed by atoms with Crippen LogP contribution in [0.5, 0.6) is 0 Å². The van der Waals surface area contributed by atoms with Crippen molar-refractivity contribution in [1.82, 2.24) is 20.6 Å². The van der Waals surface area contributed by atoms with E-state index in [9.17, 15) is 9.59 Å². The quantitative estimate of drug-likeness (QED) is 0.483. The predicted molar refractivity (Wildman–Crippen MR) is 106 cm³/mol. The summed E-state index contributed by atoms with van der Waals surface area (Å²) in [7, 11) is 0. The molecule has 9 heteroatoms. The molecule has 2 aromatic carbocycles. The minimum atomic E-state index is -0.294. The number of amides is 2. The first-order valence-corrected chi connectivity index (χ1v) is 9.17. The van der Waals surface area contributed by atoms with Crippen molar-refractivity contribution in [3.63, 3.8) is 0 Å². The molecule has 0 aliphatic heterocycles. The van der Waals surface area contributed by atoms with E-state index in [1.807, 2.05) is 17.5 Å². The van der Waals surface area contributed by atoms with Gasteiger partial charge in [0, 0.05) is 22.5 Å². The average molecular weight is 390 g/mol. The fourth-order valence-corrected chi connectivity index (χ4v) is 3.18. The van der Waals surface area contributed by atoms with E-state index in [2.05, 4.69) is 31.3 Å². The van der Waals surface area contributed by atoms with Crippen LogP contribution in [0.15, 0.2) is 66.0 Å². The topological polar surface area (TPSA) is 113 Å². The zero-order valence-corrected chi connectivity index (χ0v) is 15.2. The van der Waals surface area contributed by atoms with E-state index in [4.69, 9.17) is 0 Å². The smallest absolute Gasteiger partial charge is 0.265 e. The van der Waals surface area contributed by atoms with Crippen LogP contribution in [0.3, 0.4) is 0 Å². The molecule has 0 saturated carbocycles. The first-order chi connectivity index (χ1) is 13.7. The van der Waals surface area contributed by atoms with Gasteiger partial charge in [0.05, 0.1) is 4.88 Å². The number of anilines is 2. The van der Waals surface area contributed by atoms with Gasteiger partial charge in [-0.2, -0.15) is 5.21 Å². The molecule has 2 amide bonds. The number of aromatic nitrogens is 4. The molecule has 0 radical (unpaired) electrons. The van der Waals surface area contributed by atoms with Gasteiger partial charge in [0.1, 0.15) is 0 Å². The van der Waals surface area contributed by atoms with E-state index >= 15 is 0 Å². The second-order valence-corrected chi connectivity index (χ2v) is 6.73. The third-order valence-corrected chi connectivity index (χ3v) is 4.72. The van der Waals surface area contributed by atoms with Gasteiger partial charge in [0.2, 0.25) is 5.82 Å². The second-order valence-electron chi connectivity index (χ2n) is 5.78. The van der Waals surface area contributed by atoms with E-state index in [1.54, 1.807) is 48.5 Å². The van der Waals surface area contributed by atoms with Crippen molar-refractivity contribution in [2.24, 2.45) is 0 Å². The molecule has 0 aliphatic rings.